The summed E-state index contributed by atoms with van der Waals surface area (Å²) >= 11 is 3.67. The van der Waals surface area contributed by atoms with Crippen molar-refractivity contribution >= 4 is 15.9 Å². The van der Waals surface area contributed by atoms with Crippen molar-refractivity contribution in [1.82, 2.24) is 4.90 Å². The maximum atomic E-state index is 3.67. The summed E-state index contributed by atoms with van der Waals surface area (Å²) in [6.45, 7) is 8.33. The first kappa shape index (κ1) is 11.5. The summed E-state index contributed by atoms with van der Waals surface area (Å²) in [7, 11) is 0. The zero-order chi connectivity index (χ0) is 9.73. The van der Waals surface area contributed by atoms with Crippen molar-refractivity contribution in [2.45, 2.75) is 39.5 Å². The van der Waals surface area contributed by atoms with E-state index in [2.05, 4.69) is 34.7 Å². The molecule has 0 heterocycles. The molecule has 0 aliphatic heterocycles. The molecule has 0 aromatic rings. The molecule has 0 N–H and O–H groups in total. The van der Waals surface area contributed by atoms with Gasteiger partial charge in [-0.15, -0.1) is 0 Å². The minimum Gasteiger partial charge on any atom is -0.303 e. The van der Waals surface area contributed by atoms with Gasteiger partial charge >= 0.3 is 0 Å². The van der Waals surface area contributed by atoms with E-state index in [1.54, 1.807) is 0 Å². The molecule has 0 saturated heterocycles. The van der Waals surface area contributed by atoms with Gasteiger partial charge in [-0.1, -0.05) is 36.2 Å². The van der Waals surface area contributed by atoms with Gasteiger partial charge in [0.15, 0.2) is 0 Å². The first-order chi connectivity index (χ1) is 6.26. The molecule has 0 bridgehead atoms. The summed E-state index contributed by atoms with van der Waals surface area (Å²) < 4.78 is 0. The summed E-state index contributed by atoms with van der Waals surface area (Å²) in [5.41, 5.74) is 0.630. The van der Waals surface area contributed by atoms with Crippen LogP contribution in [0.1, 0.15) is 39.5 Å². The summed E-state index contributed by atoms with van der Waals surface area (Å²) in [6.07, 6.45) is 5.58. The van der Waals surface area contributed by atoms with Crippen molar-refractivity contribution in [2.75, 3.05) is 25.0 Å². The van der Waals surface area contributed by atoms with E-state index < -0.39 is 0 Å². The SMILES string of the molecule is CCCN(CC)CC1(CBr)CCC1. The summed E-state index contributed by atoms with van der Waals surface area (Å²) in [4.78, 5) is 2.60. The van der Waals surface area contributed by atoms with Crippen LogP contribution in [-0.4, -0.2) is 29.9 Å². The normalized spacial score (nSPS) is 20.3. The molecule has 0 unspecified atom stereocenters. The zero-order valence-electron chi connectivity index (χ0n) is 8.98. The van der Waals surface area contributed by atoms with Crippen LogP contribution in [0.15, 0.2) is 0 Å². The Morgan fingerprint density at radius 3 is 2.31 bits per heavy atom. The summed E-state index contributed by atoms with van der Waals surface area (Å²) in [5.74, 6) is 0. The monoisotopic (exact) mass is 247 g/mol. The molecule has 0 amide bonds. The van der Waals surface area contributed by atoms with E-state index in [4.69, 9.17) is 0 Å². The highest BCUT2D eigenvalue weighted by atomic mass is 79.9. The van der Waals surface area contributed by atoms with Crippen LogP contribution in [-0.2, 0) is 0 Å². The maximum Gasteiger partial charge on any atom is 0.0100 e. The molecular weight excluding hydrogens is 226 g/mol. The second kappa shape index (κ2) is 5.35. The van der Waals surface area contributed by atoms with Crippen molar-refractivity contribution in [3.8, 4) is 0 Å². The highest BCUT2D eigenvalue weighted by molar-refractivity contribution is 9.09. The lowest BCUT2D eigenvalue weighted by molar-refractivity contribution is 0.0942. The molecular formula is C11H22BrN. The van der Waals surface area contributed by atoms with Crippen molar-refractivity contribution in [1.29, 1.82) is 0 Å². The number of nitrogens with zero attached hydrogens (tertiary/aromatic N) is 1. The Kier molecular flexibility index (Phi) is 4.74. The zero-order valence-corrected chi connectivity index (χ0v) is 10.6. The third-order valence-electron chi connectivity index (χ3n) is 3.24. The van der Waals surface area contributed by atoms with Gasteiger partial charge < -0.3 is 4.90 Å². The molecule has 1 aliphatic carbocycles. The Morgan fingerprint density at radius 2 is 2.00 bits per heavy atom. The predicted octanol–water partition coefficient (Wildman–Crippen LogP) is 3.28. The smallest absolute Gasteiger partial charge is 0.0100 e. The van der Waals surface area contributed by atoms with E-state index in [0.29, 0.717) is 5.41 Å². The fourth-order valence-electron chi connectivity index (χ4n) is 2.15. The number of hydrogen-bond donors (Lipinski definition) is 0. The first-order valence-electron chi connectivity index (χ1n) is 5.54. The third-order valence-corrected chi connectivity index (χ3v) is 4.43. The second-order valence-electron chi connectivity index (χ2n) is 4.36. The molecule has 0 radical (unpaired) electrons. The highest BCUT2D eigenvalue weighted by Crippen LogP contribution is 2.42. The highest BCUT2D eigenvalue weighted by Gasteiger charge is 2.36. The number of hydrogen-bond acceptors (Lipinski definition) is 1. The molecule has 1 saturated carbocycles. The lowest BCUT2D eigenvalue weighted by Gasteiger charge is -2.44. The van der Waals surface area contributed by atoms with E-state index in [9.17, 15) is 0 Å². The maximum absolute atomic E-state index is 3.67. The molecule has 0 spiro atoms. The van der Waals surface area contributed by atoms with Crippen LogP contribution in [0.3, 0.4) is 0 Å². The topological polar surface area (TPSA) is 3.24 Å². The molecule has 1 nitrogen and oxygen atoms in total. The number of rotatable bonds is 6. The summed E-state index contributed by atoms with van der Waals surface area (Å²) in [6, 6.07) is 0. The van der Waals surface area contributed by atoms with Gasteiger partial charge in [0.25, 0.3) is 0 Å². The molecule has 1 fully saturated rings. The van der Waals surface area contributed by atoms with E-state index in [1.165, 1.54) is 50.6 Å². The average molecular weight is 248 g/mol. The molecule has 13 heavy (non-hydrogen) atoms. The van der Waals surface area contributed by atoms with Crippen LogP contribution in [0.5, 0.6) is 0 Å². The second-order valence-corrected chi connectivity index (χ2v) is 4.92. The van der Waals surface area contributed by atoms with Crippen LogP contribution >= 0.6 is 15.9 Å². The Labute approximate surface area is 91.0 Å². The minimum atomic E-state index is 0.630. The van der Waals surface area contributed by atoms with Crippen molar-refractivity contribution in [3.05, 3.63) is 0 Å². The van der Waals surface area contributed by atoms with E-state index in [-0.39, 0.29) is 0 Å². The van der Waals surface area contributed by atoms with Crippen LogP contribution in [0.25, 0.3) is 0 Å². The van der Waals surface area contributed by atoms with Gasteiger partial charge in [0.05, 0.1) is 0 Å². The van der Waals surface area contributed by atoms with E-state index >= 15 is 0 Å². The summed E-state index contributed by atoms with van der Waals surface area (Å²) in [5, 5.41) is 1.19. The average Bonchev–Trinajstić information content (AvgIpc) is 2.09. The van der Waals surface area contributed by atoms with Gasteiger partial charge in [0.2, 0.25) is 0 Å². The Hall–Kier alpha value is 0.440. The van der Waals surface area contributed by atoms with Gasteiger partial charge in [-0.05, 0) is 37.8 Å². The van der Waals surface area contributed by atoms with Gasteiger partial charge in [-0.2, -0.15) is 0 Å². The van der Waals surface area contributed by atoms with Gasteiger partial charge in [0, 0.05) is 11.9 Å². The van der Waals surface area contributed by atoms with Crippen molar-refractivity contribution in [2.24, 2.45) is 5.41 Å². The fraction of sp³-hybridized carbons (Fsp3) is 1.00. The quantitative estimate of drug-likeness (QED) is 0.652. The molecule has 0 aromatic carbocycles. The van der Waals surface area contributed by atoms with Gasteiger partial charge in [0.1, 0.15) is 0 Å². The van der Waals surface area contributed by atoms with Crippen LogP contribution in [0.4, 0.5) is 0 Å². The van der Waals surface area contributed by atoms with E-state index in [1.807, 2.05) is 0 Å². The van der Waals surface area contributed by atoms with Gasteiger partial charge in [-0.3, -0.25) is 0 Å². The molecule has 78 valence electrons. The predicted molar refractivity (Wildman–Crippen MR) is 62.5 cm³/mol. The molecule has 1 aliphatic rings. The third kappa shape index (κ3) is 2.95. The molecule has 0 atom stereocenters. The van der Waals surface area contributed by atoms with Crippen molar-refractivity contribution in [3.63, 3.8) is 0 Å². The van der Waals surface area contributed by atoms with Crippen LogP contribution < -0.4 is 0 Å². The molecule has 1 rings (SSSR count). The Bertz CT molecular complexity index is 138. The molecule has 2 heteroatoms. The minimum absolute atomic E-state index is 0.630. The largest absolute Gasteiger partial charge is 0.303 e. The number of halogens is 1. The Morgan fingerprint density at radius 1 is 1.31 bits per heavy atom. The van der Waals surface area contributed by atoms with Crippen molar-refractivity contribution < 1.29 is 0 Å². The standard InChI is InChI=1S/C11H22BrN/c1-3-8-13(4-2)10-11(9-12)6-5-7-11/h3-10H2,1-2H3. The van der Waals surface area contributed by atoms with Crippen LogP contribution in [0, 0.1) is 5.41 Å². The molecule has 0 aromatic heterocycles. The lowest BCUT2D eigenvalue weighted by atomic mass is 9.70. The number of alkyl halides is 1. The van der Waals surface area contributed by atoms with E-state index in [0.717, 1.165) is 0 Å². The fourth-order valence-corrected chi connectivity index (χ4v) is 2.89. The first-order valence-corrected chi connectivity index (χ1v) is 6.67. The Balaban J connectivity index is 2.34. The van der Waals surface area contributed by atoms with Crippen LogP contribution in [0.2, 0.25) is 0 Å². The lowest BCUT2D eigenvalue weighted by Crippen LogP contribution is -2.43. The van der Waals surface area contributed by atoms with Gasteiger partial charge in [-0.25, -0.2) is 0 Å².